The average molecular weight is 182 g/mol. The minimum Gasteiger partial charge on any atom is -0.300 e. The standard InChI is InChI=1S/C12H22O/c1-9(2)7-11-5-4-6-12(8-11)10(3)13/h9,11-12H,4-8H2,1-3H3/t11-,12+/m0/s1. The summed E-state index contributed by atoms with van der Waals surface area (Å²) in [6, 6.07) is 0. The highest BCUT2D eigenvalue weighted by Crippen LogP contribution is 2.33. The lowest BCUT2D eigenvalue weighted by Gasteiger charge is -2.28. The van der Waals surface area contributed by atoms with E-state index in [0.717, 1.165) is 24.7 Å². The first-order chi connectivity index (χ1) is 6.09. The maximum Gasteiger partial charge on any atom is 0.132 e. The third-order valence-corrected chi connectivity index (χ3v) is 3.16. The van der Waals surface area contributed by atoms with E-state index in [2.05, 4.69) is 13.8 Å². The SMILES string of the molecule is CC(=O)[C@@H]1CCC[C@@H](CC(C)C)C1. The Bertz CT molecular complexity index is 172. The second-order valence-electron chi connectivity index (χ2n) is 4.97. The van der Waals surface area contributed by atoms with Crippen LogP contribution in [0.15, 0.2) is 0 Å². The molecule has 1 rings (SSSR count). The Morgan fingerprint density at radius 2 is 2.08 bits per heavy atom. The van der Waals surface area contributed by atoms with E-state index < -0.39 is 0 Å². The maximum atomic E-state index is 11.2. The van der Waals surface area contributed by atoms with Crippen molar-refractivity contribution in [1.82, 2.24) is 0 Å². The molecule has 0 aromatic rings. The highest BCUT2D eigenvalue weighted by molar-refractivity contribution is 5.78. The Morgan fingerprint density at radius 3 is 2.62 bits per heavy atom. The second kappa shape index (κ2) is 4.78. The topological polar surface area (TPSA) is 17.1 Å². The number of carbonyl (C=O) groups is 1. The van der Waals surface area contributed by atoms with Crippen LogP contribution >= 0.6 is 0 Å². The van der Waals surface area contributed by atoms with E-state index in [1.807, 2.05) is 0 Å². The molecule has 1 aliphatic carbocycles. The molecule has 76 valence electrons. The Morgan fingerprint density at radius 1 is 1.38 bits per heavy atom. The van der Waals surface area contributed by atoms with Crippen LogP contribution in [-0.4, -0.2) is 5.78 Å². The summed E-state index contributed by atoms with van der Waals surface area (Å²) >= 11 is 0. The highest BCUT2D eigenvalue weighted by Gasteiger charge is 2.24. The lowest BCUT2D eigenvalue weighted by atomic mass is 9.76. The molecule has 0 aromatic heterocycles. The molecule has 0 heterocycles. The van der Waals surface area contributed by atoms with E-state index in [1.54, 1.807) is 6.92 Å². The minimum atomic E-state index is 0.387. The molecule has 0 aliphatic heterocycles. The molecule has 0 aromatic carbocycles. The van der Waals surface area contributed by atoms with E-state index in [4.69, 9.17) is 0 Å². The van der Waals surface area contributed by atoms with Gasteiger partial charge in [0.15, 0.2) is 0 Å². The Balaban J connectivity index is 2.37. The number of hydrogen-bond acceptors (Lipinski definition) is 1. The van der Waals surface area contributed by atoms with E-state index in [9.17, 15) is 4.79 Å². The van der Waals surface area contributed by atoms with Gasteiger partial charge in [0.2, 0.25) is 0 Å². The molecule has 0 unspecified atom stereocenters. The van der Waals surface area contributed by atoms with Crippen molar-refractivity contribution in [3.05, 3.63) is 0 Å². The number of hydrogen-bond donors (Lipinski definition) is 0. The van der Waals surface area contributed by atoms with Crippen LogP contribution in [0.4, 0.5) is 0 Å². The smallest absolute Gasteiger partial charge is 0.132 e. The van der Waals surface area contributed by atoms with Gasteiger partial charge in [0, 0.05) is 5.92 Å². The van der Waals surface area contributed by atoms with Crippen molar-refractivity contribution >= 4 is 5.78 Å². The molecule has 1 fully saturated rings. The number of ketones is 1. The largest absolute Gasteiger partial charge is 0.300 e. The molecule has 1 aliphatic rings. The highest BCUT2D eigenvalue weighted by atomic mass is 16.1. The summed E-state index contributed by atoms with van der Waals surface area (Å²) in [7, 11) is 0. The fourth-order valence-electron chi connectivity index (χ4n) is 2.54. The third-order valence-electron chi connectivity index (χ3n) is 3.16. The van der Waals surface area contributed by atoms with E-state index >= 15 is 0 Å². The first kappa shape index (κ1) is 10.7. The predicted molar refractivity (Wildman–Crippen MR) is 55.6 cm³/mol. The molecular weight excluding hydrogens is 160 g/mol. The number of rotatable bonds is 3. The first-order valence-electron chi connectivity index (χ1n) is 5.60. The van der Waals surface area contributed by atoms with Crippen LogP contribution in [0.1, 0.15) is 52.9 Å². The van der Waals surface area contributed by atoms with Crippen molar-refractivity contribution in [2.45, 2.75) is 52.9 Å². The van der Waals surface area contributed by atoms with E-state index in [0.29, 0.717) is 11.7 Å². The molecule has 0 bridgehead atoms. The molecule has 0 N–H and O–H groups in total. The normalized spacial score (nSPS) is 29.2. The van der Waals surface area contributed by atoms with Crippen LogP contribution in [0.2, 0.25) is 0 Å². The van der Waals surface area contributed by atoms with Gasteiger partial charge in [-0.15, -0.1) is 0 Å². The molecule has 0 spiro atoms. The summed E-state index contributed by atoms with van der Waals surface area (Å²) in [4.78, 5) is 11.2. The van der Waals surface area contributed by atoms with Gasteiger partial charge in [0.25, 0.3) is 0 Å². The van der Waals surface area contributed by atoms with Crippen molar-refractivity contribution in [2.24, 2.45) is 17.8 Å². The molecule has 13 heavy (non-hydrogen) atoms. The van der Waals surface area contributed by atoms with Crippen molar-refractivity contribution in [3.63, 3.8) is 0 Å². The third kappa shape index (κ3) is 3.50. The Labute approximate surface area is 81.9 Å². The quantitative estimate of drug-likeness (QED) is 0.653. The van der Waals surface area contributed by atoms with Gasteiger partial charge >= 0.3 is 0 Å². The summed E-state index contributed by atoms with van der Waals surface area (Å²) in [5.74, 6) is 2.41. The molecular formula is C12H22O. The summed E-state index contributed by atoms with van der Waals surface area (Å²) in [6.45, 7) is 6.30. The molecule has 1 heteroatoms. The van der Waals surface area contributed by atoms with Crippen LogP contribution in [0, 0.1) is 17.8 Å². The minimum absolute atomic E-state index is 0.387. The molecule has 2 atom stereocenters. The van der Waals surface area contributed by atoms with Crippen molar-refractivity contribution in [3.8, 4) is 0 Å². The summed E-state index contributed by atoms with van der Waals surface area (Å²) in [6.07, 6.45) is 6.23. The molecule has 1 nitrogen and oxygen atoms in total. The van der Waals surface area contributed by atoms with Gasteiger partial charge in [-0.1, -0.05) is 26.7 Å². The van der Waals surface area contributed by atoms with Crippen LogP contribution in [0.5, 0.6) is 0 Å². The Hall–Kier alpha value is -0.330. The fourth-order valence-corrected chi connectivity index (χ4v) is 2.54. The number of Topliss-reactive ketones (excluding diaryl/α,β-unsaturated/α-hetero) is 1. The zero-order chi connectivity index (χ0) is 9.84. The fraction of sp³-hybridized carbons (Fsp3) is 0.917. The zero-order valence-corrected chi connectivity index (χ0v) is 9.18. The van der Waals surface area contributed by atoms with E-state index in [1.165, 1.54) is 19.3 Å². The molecule has 0 saturated heterocycles. The van der Waals surface area contributed by atoms with Crippen molar-refractivity contribution in [2.75, 3.05) is 0 Å². The average Bonchev–Trinajstić information content (AvgIpc) is 2.03. The number of carbonyl (C=O) groups excluding carboxylic acids is 1. The lowest BCUT2D eigenvalue weighted by molar-refractivity contribution is -0.122. The van der Waals surface area contributed by atoms with Crippen LogP contribution in [0.3, 0.4) is 0 Å². The molecule has 0 radical (unpaired) electrons. The van der Waals surface area contributed by atoms with Crippen LogP contribution in [-0.2, 0) is 4.79 Å². The van der Waals surface area contributed by atoms with Gasteiger partial charge in [0.1, 0.15) is 5.78 Å². The Kier molecular flexibility index (Phi) is 3.95. The van der Waals surface area contributed by atoms with Crippen molar-refractivity contribution < 1.29 is 4.79 Å². The van der Waals surface area contributed by atoms with Gasteiger partial charge in [-0.05, 0) is 38.0 Å². The second-order valence-corrected chi connectivity index (χ2v) is 4.97. The lowest BCUT2D eigenvalue weighted by Crippen LogP contribution is -2.21. The monoisotopic (exact) mass is 182 g/mol. The summed E-state index contributed by atoms with van der Waals surface area (Å²) in [5.41, 5.74) is 0. The maximum absolute atomic E-state index is 11.2. The van der Waals surface area contributed by atoms with Crippen LogP contribution in [0.25, 0.3) is 0 Å². The van der Waals surface area contributed by atoms with Gasteiger partial charge in [-0.3, -0.25) is 4.79 Å². The molecule has 0 amide bonds. The first-order valence-corrected chi connectivity index (χ1v) is 5.60. The van der Waals surface area contributed by atoms with E-state index in [-0.39, 0.29) is 0 Å². The van der Waals surface area contributed by atoms with Gasteiger partial charge < -0.3 is 0 Å². The summed E-state index contributed by atoms with van der Waals surface area (Å²) in [5, 5.41) is 0. The summed E-state index contributed by atoms with van der Waals surface area (Å²) < 4.78 is 0. The predicted octanol–water partition coefficient (Wildman–Crippen LogP) is 3.43. The molecule has 1 saturated carbocycles. The van der Waals surface area contributed by atoms with Crippen molar-refractivity contribution in [1.29, 1.82) is 0 Å². The van der Waals surface area contributed by atoms with Crippen LogP contribution < -0.4 is 0 Å². The zero-order valence-electron chi connectivity index (χ0n) is 9.18. The van der Waals surface area contributed by atoms with Gasteiger partial charge in [-0.2, -0.15) is 0 Å². The van der Waals surface area contributed by atoms with Gasteiger partial charge in [-0.25, -0.2) is 0 Å². The van der Waals surface area contributed by atoms with Gasteiger partial charge in [0.05, 0.1) is 0 Å².